The Bertz CT molecular complexity index is 1100. The van der Waals surface area contributed by atoms with Gasteiger partial charge in [0.05, 0.1) is 5.56 Å². The van der Waals surface area contributed by atoms with E-state index in [0.29, 0.717) is 30.8 Å². The summed E-state index contributed by atoms with van der Waals surface area (Å²) in [5.41, 5.74) is 1.90. The van der Waals surface area contributed by atoms with Crippen LogP contribution >= 0.6 is 0 Å². The standard InChI is InChI=1S/C25H28FN5O2/c1-17(31-14-11-27-18(31)2)15-24(32)30-12-9-19(10-13-30)23-8-3-20(16-28-23)25(33)29-22-6-4-21(26)5-7-22/h3-8,11,14,16-17,19H,9-10,12-13,15H2,1-2H3,(H,29,33)/t17-/m0/s1. The lowest BCUT2D eigenvalue weighted by Crippen LogP contribution is -2.38. The lowest BCUT2D eigenvalue weighted by molar-refractivity contribution is -0.133. The summed E-state index contributed by atoms with van der Waals surface area (Å²) in [6.07, 6.45) is 7.39. The molecule has 2 amide bonds. The van der Waals surface area contributed by atoms with Crippen LogP contribution in [-0.2, 0) is 4.79 Å². The number of nitrogens with one attached hydrogen (secondary N) is 1. The zero-order chi connectivity index (χ0) is 23.4. The van der Waals surface area contributed by atoms with Crippen molar-refractivity contribution in [1.82, 2.24) is 19.4 Å². The largest absolute Gasteiger partial charge is 0.343 e. The molecule has 0 unspecified atom stereocenters. The summed E-state index contributed by atoms with van der Waals surface area (Å²) in [7, 11) is 0. The first-order valence-corrected chi connectivity index (χ1v) is 11.2. The van der Waals surface area contributed by atoms with E-state index in [0.717, 1.165) is 24.4 Å². The second-order valence-electron chi connectivity index (χ2n) is 8.52. The third-order valence-corrected chi connectivity index (χ3v) is 6.22. The molecule has 8 heteroatoms. The maximum Gasteiger partial charge on any atom is 0.257 e. The highest BCUT2D eigenvalue weighted by atomic mass is 19.1. The molecule has 3 heterocycles. The fourth-order valence-corrected chi connectivity index (χ4v) is 4.28. The number of rotatable bonds is 6. The molecule has 0 saturated carbocycles. The molecule has 1 atom stereocenters. The number of hydrogen-bond acceptors (Lipinski definition) is 4. The molecule has 1 aliphatic heterocycles. The number of pyridine rings is 1. The predicted octanol–water partition coefficient (Wildman–Crippen LogP) is 4.34. The molecule has 1 saturated heterocycles. The van der Waals surface area contributed by atoms with Gasteiger partial charge in [-0.15, -0.1) is 0 Å². The molecule has 4 rings (SSSR count). The Morgan fingerprint density at radius 1 is 1.12 bits per heavy atom. The van der Waals surface area contributed by atoms with Crippen LogP contribution in [0.25, 0.3) is 0 Å². The minimum absolute atomic E-state index is 0.0768. The summed E-state index contributed by atoms with van der Waals surface area (Å²) in [6.45, 7) is 5.38. The number of amides is 2. The van der Waals surface area contributed by atoms with E-state index in [1.54, 1.807) is 18.5 Å². The smallest absolute Gasteiger partial charge is 0.257 e. The van der Waals surface area contributed by atoms with Gasteiger partial charge in [0.2, 0.25) is 5.91 Å². The van der Waals surface area contributed by atoms with Crippen LogP contribution in [0.1, 0.15) is 60.0 Å². The average molecular weight is 450 g/mol. The maximum absolute atomic E-state index is 13.0. The highest BCUT2D eigenvalue weighted by Gasteiger charge is 2.26. The zero-order valence-corrected chi connectivity index (χ0v) is 18.9. The van der Waals surface area contributed by atoms with Crippen molar-refractivity contribution in [3.05, 3.63) is 77.9 Å². The second kappa shape index (κ2) is 9.94. The number of carbonyl (C=O) groups excluding carboxylic acids is 2. The molecule has 1 fully saturated rings. The maximum atomic E-state index is 13.0. The minimum Gasteiger partial charge on any atom is -0.343 e. The van der Waals surface area contributed by atoms with Crippen molar-refractivity contribution in [2.75, 3.05) is 18.4 Å². The molecular weight excluding hydrogens is 421 g/mol. The third-order valence-electron chi connectivity index (χ3n) is 6.22. The van der Waals surface area contributed by atoms with Gasteiger partial charge < -0.3 is 14.8 Å². The molecule has 1 aromatic carbocycles. The van der Waals surface area contributed by atoms with Crippen LogP contribution in [0.5, 0.6) is 0 Å². The summed E-state index contributed by atoms with van der Waals surface area (Å²) in [5.74, 6) is 0.694. The zero-order valence-electron chi connectivity index (χ0n) is 18.9. The number of carbonyl (C=O) groups is 2. The number of hydrogen-bond donors (Lipinski definition) is 1. The fraction of sp³-hybridized carbons (Fsp3) is 0.360. The van der Waals surface area contributed by atoms with Gasteiger partial charge in [0.25, 0.3) is 5.91 Å². The SMILES string of the molecule is Cc1nccn1[C@@H](C)CC(=O)N1CCC(c2ccc(C(=O)Nc3ccc(F)cc3)cn2)CC1. The van der Waals surface area contributed by atoms with Gasteiger partial charge >= 0.3 is 0 Å². The second-order valence-corrected chi connectivity index (χ2v) is 8.52. The number of aromatic nitrogens is 3. The van der Waals surface area contributed by atoms with Crippen LogP contribution in [0.2, 0.25) is 0 Å². The van der Waals surface area contributed by atoms with E-state index in [1.807, 2.05) is 35.6 Å². The molecule has 1 N–H and O–H groups in total. The molecule has 0 bridgehead atoms. The van der Waals surface area contributed by atoms with Crippen LogP contribution in [0, 0.1) is 12.7 Å². The number of halogens is 1. The van der Waals surface area contributed by atoms with Crippen LogP contribution in [0.15, 0.2) is 55.0 Å². The normalized spacial score (nSPS) is 15.3. The predicted molar refractivity (Wildman–Crippen MR) is 123 cm³/mol. The molecule has 172 valence electrons. The van der Waals surface area contributed by atoms with Crippen molar-refractivity contribution in [2.24, 2.45) is 0 Å². The Balaban J connectivity index is 1.28. The van der Waals surface area contributed by atoms with E-state index >= 15 is 0 Å². The number of piperidine rings is 1. The molecule has 2 aromatic heterocycles. The number of aryl methyl sites for hydroxylation is 1. The Kier molecular flexibility index (Phi) is 6.82. The number of imidazole rings is 1. The quantitative estimate of drug-likeness (QED) is 0.607. The molecular formula is C25H28FN5O2. The first-order valence-electron chi connectivity index (χ1n) is 11.2. The minimum atomic E-state index is -0.352. The summed E-state index contributed by atoms with van der Waals surface area (Å²) in [5, 5.41) is 2.74. The van der Waals surface area contributed by atoms with Crippen LogP contribution in [0.3, 0.4) is 0 Å². The summed E-state index contributed by atoms with van der Waals surface area (Å²) in [4.78, 5) is 35.8. The Morgan fingerprint density at radius 3 is 2.45 bits per heavy atom. The topological polar surface area (TPSA) is 80.1 Å². The lowest BCUT2D eigenvalue weighted by Gasteiger charge is -2.32. The molecule has 1 aliphatic rings. The number of nitrogens with zero attached hydrogens (tertiary/aromatic N) is 4. The van der Waals surface area contributed by atoms with E-state index in [2.05, 4.69) is 15.3 Å². The number of benzene rings is 1. The fourth-order valence-electron chi connectivity index (χ4n) is 4.28. The molecule has 0 radical (unpaired) electrons. The van der Waals surface area contributed by atoms with E-state index in [4.69, 9.17) is 0 Å². The molecule has 0 aliphatic carbocycles. The van der Waals surface area contributed by atoms with Crippen LogP contribution in [0.4, 0.5) is 10.1 Å². The van der Waals surface area contributed by atoms with Crippen molar-refractivity contribution in [2.45, 2.75) is 45.1 Å². The van der Waals surface area contributed by atoms with Crippen LogP contribution in [-0.4, -0.2) is 44.3 Å². The summed E-state index contributed by atoms with van der Waals surface area (Å²) >= 11 is 0. The van der Waals surface area contributed by atoms with Gasteiger partial charge in [0.15, 0.2) is 0 Å². The van der Waals surface area contributed by atoms with Crippen molar-refractivity contribution < 1.29 is 14.0 Å². The van der Waals surface area contributed by atoms with Crippen molar-refractivity contribution in [3.63, 3.8) is 0 Å². The van der Waals surface area contributed by atoms with Crippen molar-refractivity contribution >= 4 is 17.5 Å². The Hall–Kier alpha value is -3.55. The Labute approximate surface area is 192 Å². The van der Waals surface area contributed by atoms with Gasteiger partial charge in [0, 0.05) is 61.4 Å². The van der Waals surface area contributed by atoms with Gasteiger partial charge in [0.1, 0.15) is 11.6 Å². The summed E-state index contributed by atoms with van der Waals surface area (Å²) in [6, 6.07) is 9.34. The third kappa shape index (κ3) is 5.45. The van der Waals surface area contributed by atoms with E-state index < -0.39 is 0 Å². The first kappa shape index (κ1) is 22.6. The number of anilines is 1. The van der Waals surface area contributed by atoms with E-state index in [1.165, 1.54) is 24.3 Å². The van der Waals surface area contributed by atoms with Gasteiger partial charge in [-0.1, -0.05) is 0 Å². The molecule has 33 heavy (non-hydrogen) atoms. The average Bonchev–Trinajstić information content (AvgIpc) is 3.26. The first-order chi connectivity index (χ1) is 15.9. The highest BCUT2D eigenvalue weighted by Crippen LogP contribution is 2.28. The molecule has 7 nitrogen and oxygen atoms in total. The van der Waals surface area contributed by atoms with Crippen molar-refractivity contribution in [1.29, 1.82) is 0 Å². The lowest BCUT2D eigenvalue weighted by atomic mass is 9.92. The molecule has 0 spiro atoms. The van der Waals surface area contributed by atoms with Crippen LogP contribution < -0.4 is 5.32 Å². The van der Waals surface area contributed by atoms with E-state index in [-0.39, 0.29) is 29.6 Å². The highest BCUT2D eigenvalue weighted by molar-refractivity contribution is 6.04. The van der Waals surface area contributed by atoms with Gasteiger partial charge in [-0.3, -0.25) is 14.6 Å². The van der Waals surface area contributed by atoms with Gasteiger partial charge in [-0.05, 0) is 63.1 Å². The van der Waals surface area contributed by atoms with E-state index in [9.17, 15) is 14.0 Å². The van der Waals surface area contributed by atoms with Gasteiger partial charge in [-0.2, -0.15) is 0 Å². The molecule has 3 aromatic rings. The Morgan fingerprint density at radius 2 is 1.85 bits per heavy atom. The summed E-state index contributed by atoms with van der Waals surface area (Å²) < 4.78 is 15.0. The monoisotopic (exact) mass is 449 g/mol. The number of likely N-dealkylation sites (tertiary alicyclic amines) is 1. The van der Waals surface area contributed by atoms with Crippen molar-refractivity contribution in [3.8, 4) is 0 Å². The van der Waals surface area contributed by atoms with Gasteiger partial charge in [-0.25, -0.2) is 9.37 Å².